The van der Waals surface area contributed by atoms with Crippen LogP contribution in [0.1, 0.15) is 38.8 Å². The standard InChI is InChI=1S/C24H31BrN2O4/c1-16-13-20(11-12-21(16)25)31-15-22(28)27(17(2)23(29)26-24(3,4)5)14-18-7-9-19(30-6)10-8-18/h7-13,17H,14-15H2,1-6H3,(H,26,29). The van der Waals surface area contributed by atoms with Gasteiger partial charge in [-0.3, -0.25) is 9.59 Å². The van der Waals surface area contributed by atoms with Gasteiger partial charge in [-0.15, -0.1) is 0 Å². The fourth-order valence-corrected chi connectivity index (χ4v) is 3.17. The van der Waals surface area contributed by atoms with Crippen LogP contribution in [-0.4, -0.2) is 42.0 Å². The van der Waals surface area contributed by atoms with Gasteiger partial charge in [0.25, 0.3) is 5.91 Å². The van der Waals surface area contributed by atoms with Gasteiger partial charge in [0.1, 0.15) is 17.5 Å². The minimum absolute atomic E-state index is 0.162. The zero-order valence-electron chi connectivity index (χ0n) is 19.0. The molecule has 31 heavy (non-hydrogen) atoms. The highest BCUT2D eigenvalue weighted by atomic mass is 79.9. The molecule has 0 aliphatic carbocycles. The van der Waals surface area contributed by atoms with E-state index in [2.05, 4.69) is 21.2 Å². The number of benzene rings is 2. The minimum Gasteiger partial charge on any atom is -0.497 e. The predicted octanol–water partition coefficient (Wildman–Crippen LogP) is 4.48. The molecule has 0 saturated carbocycles. The largest absolute Gasteiger partial charge is 0.497 e. The number of hydrogen-bond donors (Lipinski definition) is 1. The Kier molecular flexibility index (Phi) is 8.51. The van der Waals surface area contributed by atoms with E-state index in [1.165, 1.54) is 4.90 Å². The van der Waals surface area contributed by atoms with Gasteiger partial charge in [-0.1, -0.05) is 28.1 Å². The number of rotatable bonds is 8. The first-order valence-corrected chi connectivity index (χ1v) is 10.9. The van der Waals surface area contributed by atoms with Crippen LogP contribution in [0.25, 0.3) is 0 Å². The van der Waals surface area contributed by atoms with Gasteiger partial charge in [0.05, 0.1) is 7.11 Å². The molecule has 6 nitrogen and oxygen atoms in total. The van der Waals surface area contributed by atoms with Crippen molar-refractivity contribution >= 4 is 27.7 Å². The molecule has 2 amide bonds. The van der Waals surface area contributed by atoms with Crippen molar-refractivity contribution in [2.24, 2.45) is 0 Å². The molecule has 1 N–H and O–H groups in total. The summed E-state index contributed by atoms with van der Waals surface area (Å²) in [7, 11) is 1.60. The monoisotopic (exact) mass is 490 g/mol. The molecular formula is C24H31BrN2O4. The number of aryl methyl sites for hydroxylation is 1. The molecule has 0 saturated heterocycles. The predicted molar refractivity (Wildman–Crippen MR) is 125 cm³/mol. The highest BCUT2D eigenvalue weighted by Crippen LogP contribution is 2.22. The Morgan fingerprint density at radius 3 is 2.26 bits per heavy atom. The van der Waals surface area contributed by atoms with Crippen LogP contribution in [0.4, 0.5) is 0 Å². The minimum atomic E-state index is -0.663. The molecule has 2 aromatic carbocycles. The number of carbonyl (C=O) groups excluding carboxylic acids is 2. The van der Waals surface area contributed by atoms with Gasteiger partial charge in [-0.05, 0) is 76.1 Å². The molecule has 0 fully saturated rings. The Morgan fingerprint density at radius 1 is 1.10 bits per heavy atom. The van der Waals surface area contributed by atoms with Crippen LogP contribution >= 0.6 is 15.9 Å². The molecule has 2 aromatic rings. The maximum absolute atomic E-state index is 13.1. The van der Waals surface area contributed by atoms with E-state index in [0.717, 1.165) is 21.3 Å². The SMILES string of the molecule is COc1ccc(CN(C(=O)COc2ccc(Br)c(C)c2)C(C)C(=O)NC(C)(C)C)cc1. The highest BCUT2D eigenvalue weighted by molar-refractivity contribution is 9.10. The summed E-state index contributed by atoms with van der Waals surface area (Å²) in [5, 5.41) is 2.95. The van der Waals surface area contributed by atoms with Gasteiger partial charge in [-0.2, -0.15) is 0 Å². The van der Waals surface area contributed by atoms with Gasteiger partial charge in [0.2, 0.25) is 5.91 Å². The summed E-state index contributed by atoms with van der Waals surface area (Å²) in [5.41, 5.74) is 1.51. The lowest BCUT2D eigenvalue weighted by Gasteiger charge is -2.31. The van der Waals surface area contributed by atoms with Crippen LogP contribution in [0.3, 0.4) is 0 Å². The Balaban J connectivity index is 2.18. The molecule has 1 unspecified atom stereocenters. The van der Waals surface area contributed by atoms with E-state index >= 15 is 0 Å². The van der Waals surface area contributed by atoms with Crippen molar-refractivity contribution in [3.8, 4) is 11.5 Å². The van der Waals surface area contributed by atoms with Crippen molar-refractivity contribution in [2.75, 3.05) is 13.7 Å². The van der Waals surface area contributed by atoms with Crippen LogP contribution in [-0.2, 0) is 16.1 Å². The average Bonchev–Trinajstić information content (AvgIpc) is 2.71. The number of amides is 2. The number of nitrogens with one attached hydrogen (secondary N) is 1. The molecule has 1 atom stereocenters. The molecular weight excluding hydrogens is 460 g/mol. The van der Waals surface area contributed by atoms with E-state index in [0.29, 0.717) is 5.75 Å². The summed E-state index contributed by atoms with van der Waals surface area (Å²) < 4.78 is 11.9. The number of nitrogens with zero attached hydrogens (tertiary/aromatic N) is 1. The molecule has 2 rings (SSSR count). The van der Waals surface area contributed by atoms with E-state index in [1.807, 2.05) is 64.1 Å². The van der Waals surface area contributed by atoms with Crippen molar-refractivity contribution in [3.63, 3.8) is 0 Å². The number of methoxy groups -OCH3 is 1. The number of carbonyl (C=O) groups is 2. The molecule has 0 aromatic heterocycles. The van der Waals surface area contributed by atoms with Crippen LogP contribution < -0.4 is 14.8 Å². The summed E-state index contributed by atoms with van der Waals surface area (Å²) in [6.07, 6.45) is 0. The Morgan fingerprint density at radius 2 is 1.71 bits per heavy atom. The fraction of sp³-hybridized carbons (Fsp3) is 0.417. The van der Waals surface area contributed by atoms with E-state index in [-0.39, 0.29) is 25.0 Å². The first-order valence-electron chi connectivity index (χ1n) is 10.1. The normalized spacial score (nSPS) is 12.1. The van der Waals surface area contributed by atoms with E-state index in [1.54, 1.807) is 20.1 Å². The molecule has 7 heteroatoms. The van der Waals surface area contributed by atoms with Crippen LogP contribution in [0, 0.1) is 6.92 Å². The van der Waals surface area contributed by atoms with Crippen LogP contribution in [0.2, 0.25) is 0 Å². The summed E-state index contributed by atoms with van der Waals surface area (Å²) in [5.74, 6) is 0.848. The lowest BCUT2D eigenvalue weighted by molar-refractivity contribution is -0.142. The van der Waals surface area contributed by atoms with Crippen LogP contribution in [0.15, 0.2) is 46.9 Å². The zero-order valence-corrected chi connectivity index (χ0v) is 20.6. The first kappa shape index (κ1) is 24.7. The lowest BCUT2D eigenvalue weighted by Crippen LogP contribution is -2.53. The van der Waals surface area contributed by atoms with Crippen molar-refractivity contribution in [3.05, 3.63) is 58.1 Å². The maximum atomic E-state index is 13.1. The van der Waals surface area contributed by atoms with E-state index in [4.69, 9.17) is 9.47 Å². The maximum Gasteiger partial charge on any atom is 0.261 e. The lowest BCUT2D eigenvalue weighted by atomic mass is 10.1. The van der Waals surface area contributed by atoms with Crippen molar-refractivity contribution < 1.29 is 19.1 Å². The van der Waals surface area contributed by atoms with Gasteiger partial charge in [0.15, 0.2) is 6.61 Å². The van der Waals surface area contributed by atoms with Gasteiger partial charge >= 0.3 is 0 Å². The summed E-state index contributed by atoms with van der Waals surface area (Å²) in [6.45, 7) is 9.53. The molecule has 0 radical (unpaired) electrons. The third kappa shape index (κ3) is 7.58. The van der Waals surface area contributed by atoms with Crippen molar-refractivity contribution in [1.29, 1.82) is 0 Å². The van der Waals surface area contributed by atoms with Crippen molar-refractivity contribution in [2.45, 2.75) is 52.7 Å². The second-order valence-electron chi connectivity index (χ2n) is 8.48. The summed E-state index contributed by atoms with van der Waals surface area (Å²) in [4.78, 5) is 27.4. The Hall–Kier alpha value is -2.54. The summed E-state index contributed by atoms with van der Waals surface area (Å²) >= 11 is 3.45. The molecule has 0 heterocycles. The van der Waals surface area contributed by atoms with Gasteiger partial charge in [0, 0.05) is 16.6 Å². The Bertz CT molecular complexity index is 907. The van der Waals surface area contributed by atoms with Crippen molar-refractivity contribution in [1.82, 2.24) is 10.2 Å². The molecule has 0 aliphatic rings. The first-order chi connectivity index (χ1) is 14.5. The van der Waals surface area contributed by atoms with Gasteiger partial charge in [-0.25, -0.2) is 0 Å². The van der Waals surface area contributed by atoms with E-state index in [9.17, 15) is 9.59 Å². The third-order valence-corrected chi connectivity index (χ3v) is 5.56. The fourth-order valence-electron chi connectivity index (χ4n) is 2.92. The Labute approximate surface area is 193 Å². The van der Waals surface area contributed by atoms with E-state index < -0.39 is 11.6 Å². The number of halogens is 1. The zero-order chi connectivity index (χ0) is 23.2. The quantitative estimate of drug-likeness (QED) is 0.592. The third-order valence-electron chi connectivity index (χ3n) is 4.67. The molecule has 0 spiro atoms. The number of ether oxygens (including phenoxy) is 2. The van der Waals surface area contributed by atoms with Crippen LogP contribution in [0.5, 0.6) is 11.5 Å². The van der Waals surface area contributed by atoms with Gasteiger partial charge < -0.3 is 19.7 Å². The number of hydrogen-bond acceptors (Lipinski definition) is 4. The molecule has 0 aliphatic heterocycles. The smallest absolute Gasteiger partial charge is 0.261 e. The molecule has 168 valence electrons. The average molecular weight is 491 g/mol. The highest BCUT2D eigenvalue weighted by Gasteiger charge is 2.28. The second kappa shape index (κ2) is 10.7. The topological polar surface area (TPSA) is 67.9 Å². The summed E-state index contributed by atoms with van der Waals surface area (Å²) in [6, 6.07) is 12.3. The second-order valence-corrected chi connectivity index (χ2v) is 9.34. The molecule has 0 bridgehead atoms.